The van der Waals surface area contributed by atoms with Crippen LogP contribution >= 0.6 is 11.6 Å². The number of benzene rings is 1. The second-order valence-electron chi connectivity index (χ2n) is 4.86. The van der Waals surface area contributed by atoms with Gasteiger partial charge in [0, 0.05) is 11.7 Å². The van der Waals surface area contributed by atoms with E-state index in [1.54, 1.807) is 12.1 Å². The Balaban J connectivity index is 1.98. The number of anilines is 1. The molecule has 0 heterocycles. The third-order valence-corrected chi connectivity index (χ3v) is 3.67. The molecule has 1 fully saturated rings. The Morgan fingerprint density at radius 3 is 2.42 bits per heavy atom. The molecule has 0 amide bonds. The second kappa shape index (κ2) is 6.94. The number of rotatable bonds is 4. The van der Waals surface area contributed by atoms with Gasteiger partial charge in [0.2, 0.25) is 0 Å². The Morgan fingerprint density at radius 1 is 1.16 bits per heavy atom. The molecule has 1 aliphatic carbocycles. The molecule has 0 aromatic heterocycles. The lowest BCUT2D eigenvalue weighted by Crippen LogP contribution is -2.18. The van der Waals surface area contributed by atoms with E-state index in [4.69, 9.17) is 11.6 Å². The van der Waals surface area contributed by atoms with Gasteiger partial charge < -0.3 is 10.1 Å². The van der Waals surface area contributed by atoms with E-state index in [0.29, 0.717) is 6.04 Å². The summed E-state index contributed by atoms with van der Waals surface area (Å²) in [5, 5.41) is 3.62. The Kier molecular flexibility index (Phi) is 5.25. The highest BCUT2D eigenvalue weighted by molar-refractivity contribution is 6.32. The van der Waals surface area contributed by atoms with E-state index in [2.05, 4.69) is 10.1 Å². The van der Waals surface area contributed by atoms with Crippen molar-refractivity contribution >= 4 is 17.3 Å². The summed E-state index contributed by atoms with van der Waals surface area (Å²) >= 11 is 5.93. The standard InChI is InChI=1S/C14H18ClF2NO/c15-12-9-11(7-8-13(12)19-14(16)17)18-10-5-3-1-2-4-6-10/h7-10,14,18H,1-6H2. The van der Waals surface area contributed by atoms with Crippen LogP contribution in [-0.4, -0.2) is 12.7 Å². The average Bonchev–Trinajstić information content (AvgIpc) is 2.61. The molecule has 0 spiro atoms. The zero-order chi connectivity index (χ0) is 13.7. The van der Waals surface area contributed by atoms with Gasteiger partial charge in [0.05, 0.1) is 5.02 Å². The first kappa shape index (κ1) is 14.4. The molecule has 2 nitrogen and oxygen atoms in total. The summed E-state index contributed by atoms with van der Waals surface area (Å²) in [6.07, 6.45) is 7.34. The fourth-order valence-electron chi connectivity index (χ4n) is 2.44. The molecular weight excluding hydrogens is 272 g/mol. The molecule has 0 radical (unpaired) electrons. The molecule has 0 aliphatic heterocycles. The molecule has 0 saturated heterocycles. The van der Waals surface area contributed by atoms with Gasteiger partial charge in [0.1, 0.15) is 5.75 Å². The Morgan fingerprint density at radius 2 is 1.84 bits per heavy atom. The summed E-state index contributed by atoms with van der Waals surface area (Å²) in [7, 11) is 0. The molecule has 1 N–H and O–H groups in total. The van der Waals surface area contributed by atoms with Crippen molar-refractivity contribution in [2.24, 2.45) is 0 Å². The first-order valence-electron chi connectivity index (χ1n) is 6.66. The summed E-state index contributed by atoms with van der Waals surface area (Å²) in [6, 6.07) is 5.30. The van der Waals surface area contributed by atoms with Gasteiger partial charge in [0.25, 0.3) is 0 Å². The van der Waals surface area contributed by atoms with Crippen LogP contribution in [0.25, 0.3) is 0 Å². The lowest BCUT2D eigenvalue weighted by atomic mass is 10.1. The highest BCUT2D eigenvalue weighted by Gasteiger charge is 2.13. The van der Waals surface area contributed by atoms with Gasteiger partial charge in [-0.15, -0.1) is 0 Å². The molecule has 19 heavy (non-hydrogen) atoms. The highest BCUT2D eigenvalue weighted by Crippen LogP contribution is 2.30. The fraction of sp³-hybridized carbons (Fsp3) is 0.571. The van der Waals surface area contributed by atoms with E-state index < -0.39 is 6.61 Å². The van der Waals surface area contributed by atoms with Gasteiger partial charge in [-0.2, -0.15) is 8.78 Å². The number of halogens is 3. The average molecular weight is 290 g/mol. The van der Waals surface area contributed by atoms with Crippen LogP contribution in [0.1, 0.15) is 38.5 Å². The van der Waals surface area contributed by atoms with Gasteiger partial charge in [0.15, 0.2) is 0 Å². The van der Waals surface area contributed by atoms with E-state index >= 15 is 0 Å². The van der Waals surface area contributed by atoms with E-state index in [1.165, 1.54) is 31.7 Å². The maximum atomic E-state index is 12.1. The number of ether oxygens (including phenoxy) is 1. The Hall–Kier alpha value is -1.03. The molecule has 5 heteroatoms. The second-order valence-corrected chi connectivity index (χ2v) is 5.26. The molecule has 106 valence electrons. The maximum Gasteiger partial charge on any atom is 0.387 e. The maximum absolute atomic E-state index is 12.1. The zero-order valence-electron chi connectivity index (χ0n) is 10.7. The van der Waals surface area contributed by atoms with E-state index in [0.717, 1.165) is 18.5 Å². The predicted octanol–water partition coefficient (Wildman–Crippen LogP) is 5.08. The lowest BCUT2D eigenvalue weighted by molar-refractivity contribution is -0.0497. The predicted molar refractivity (Wildman–Crippen MR) is 73.2 cm³/mol. The van der Waals surface area contributed by atoms with Gasteiger partial charge in [-0.3, -0.25) is 0 Å². The Bertz CT molecular complexity index is 406. The van der Waals surface area contributed by atoms with E-state index in [-0.39, 0.29) is 10.8 Å². The molecule has 1 aromatic rings. The monoisotopic (exact) mass is 289 g/mol. The number of hydrogen-bond acceptors (Lipinski definition) is 2. The van der Waals surface area contributed by atoms with Crippen molar-refractivity contribution in [1.82, 2.24) is 0 Å². The summed E-state index contributed by atoms with van der Waals surface area (Å²) in [6.45, 7) is -2.85. The van der Waals surface area contributed by atoms with Crippen LogP contribution in [0.4, 0.5) is 14.5 Å². The molecule has 2 rings (SSSR count). The number of nitrogens with one attached hydrogen (secondary N) is 1. The van der Waals surface area contributed by atoms with Gasteiger partial charge in [-0.25, -0.2) is 0 Å². The first-order chi connectivity index (χ1) is 9.15. The fourth-order valence-corrected chi connectivity index (χ4v) is 2.67. The van der Waals surface area contributed by atoms with E-state index in [1.807, 2.05) is 0 Å². The van der Waals surface area contributed by atoms with Gasteiger partial charge in [-0.05, 0) is 31.0 Å². The summed E-state index contributed by atoms with van der Waals surface area (Å²) < 4.78 is 28.6. The van der Waals surface area contributed by atoms with Crippen molar-refractivity contribution in [2.45, 2.75) is 51.2 Å². The highest BCUT2D eigenvalue weighted by atomic mass is 35.5. The zero-order valence-corrected chi connectivity index (χ0v) is 11.4. The summed E-state index contributed by atoms with van der Waals surface area (Å²) in [4.78, 5) is 0. The minimum atomic E-state index is -2.85. The van der Waals surface area contributed by atoms with Crippen molar-refractivity contribution in [3.63, 3.8) is 0 Å². The Labute approximate surface area is 117 Å². The molecule has 1 aliphatic rings. The van der Waals surface area contributed by atoms with Crippen LogP contribution in [0.5, 0.6) is 5.75 Å². The van der Waals surface area contributed by atoms with E-state index in [9.17, 15) is 8.78 Å². The van der Waals surface area contributed by atoms with Crippen molar-refractivity contribution < 1.29 is 13.5 Å². The SMILES string of the molecule is FC(F)Oc1ccc(NC2CCCCCC2)cc1Cl. The first-order valence-corrected chi connectivity index (χ1v) is 7.04. The largest absolute Gasteiger partial charge is 0.433 e. The van der Waals surface area contributed by atoms with Crippen LogP contribution in [-0.2, 0) is 0 Å². The molecule has 0 unspecified atom stereocenters. The number of alkyl halides is 2. The summed E-state index contributed by atoms with van der Waals surface area (Å²) in [5.74, 6) is 0.0167. The molecule has 1 saturated carbocycles. The van der Waals surface area contributed by atoms with Crippen LogP contribution < -0.4 is 10.1 Å². The molecule has 0 bridgehead atoms. The molecular formula is C14H18ClF2NO. The smallest absolute Gasteiger partial charge is 0.387 e. The van der Waals surface area contributed by atoms with Gasteiger partial charge in [-0.1, -0.05) is 37.3 Å². The normalized spacial score (nSPS) is 17.3. The van der Waals surface area contributed by atoms with Crippen molar-refractivity contribution in [3.8, 4) is 5.75 Å². The van der Waals surface area contributed by atoms with Crippen LogP contribution in [0.2, 0.25) is 5.02 Å². The molecule has 1 aromatic carbocycles. The molecule has 0 atom stereocenters. The van der Waals surface area contributed by atoms with Gasteiger partial charge >= 0.3 is 6.61 Å². The topological polar surface area (TPSA) is 21.3 Å². The minimum absolute atomic E-state index is 0.0167. The lowest BCUT2D eigenvalue weighted by Gasteiger charge is -2.18. The third-order valence-electron chi connectivity index (χ3n) is 3.37. The quantitative estimate of drug-likeness (QED) is 0.781. The van der Waals surface area contributed by atoms with Crippen molar-refractivity contribution in [3.05, 3.63) is 23.2 Å². The van der Waals surface area contributed by atoms with Crippen LogP contribution in [0, 0.1) is 0 Å². The van der Waals surface area contributed by atoms with Crippen molar-refractivity contribution in [1.29, 1.82) is 0 Å². The van der Waals surface area contributed by atoms with Crippen LogP contribution in [0.3, 0.4) is 0 Å². The van der Waals surface area contributed by atoms with Crippen LogP contribution in [0.15, 0.2) is 18.2 Å². The van der Waals surface area contributed by atoms with Crippen molar-refractivity contribution in [2.75, 3.05) is 5.32 Å². The third kappa shape index (κ3) is 4.53. The summed E-state index contributed by atoms with van der Waals surface area (Å²) in [5.41, 5.74) is 0.860. The minimum Gasteiger partial charge on any atom is -0.433 e. The number of hydrogen-bond donors (Lipinski definition) is 1.